The van der Waals surface area contributed by atoms with E-state index in [1.165, 1.54) is 6.08 Å². The highest BCUT2D eigenvalue weighted by atomic mass is 32.1. The summed E-state index contributed by atoms with van der Waals surface area (Å²) >= 11 is 1.56. The van der Waals surface area contributed by atoms with E-state index in [2.05, 4.69) is 13.8 Å². The summed E-state index contributed by atoms with van der Waals surface area (Å²) in [5.41, 5.74) is 0.0698. The summed E-state index contributed by atoms with van der Waals surface area (Å²) in [5, 5.41) is 0. The first-order chi connectivity index (χ1) is 9.50. The van der Waals surface area contributed by atoms with Gasteiger partial charge in [0, 0.05) is 34.4 Å². The number of carbonyl (C=O) groups excluding carboxylic acids is 1. The van der Waals surface area contributed by atoms with Crippen LogP contribution in [0.3, 0.4) is 0 Å². The van der Waals surface area contributed by atoms with Crippen molar-refractivity contribution in [2.75, 3.05) is 19.8 Å². The topological polar surface area (TPSA) is 44.8 Å². The predicted molar refractivity (Wildman–Crippen MR) is 81.1 cm³/mol. The van der Waals surface area contributed by atoms with E-state index < -0.39 is 0 Å². The zero-order chi connectivity index (χ0) is 14.6. The second-order valence-electron chi connectivity index (χ2n) is 5.44. The number of hydrogen-bond donors (Lipinski definition) is 0. The Morgan fingerprint density at radius 3 is 2.80 bits per heavy atom. The van der Waals surface area contributed by atoms with Gasteiger partial charge in [-0.05, 0) is 19.1 Å². The van der Waals surface area contributed by atoms with Crippen LogP contribution in [0.2, 0.25) is 0 Å². The minimum Gasteiger partial charge on any atom is -0.463 e. The van der Waals surface area contributed by atoms with Crippen LogP contribution in [0.5, 0.6) is 0 Å². The van der Waals surface area contributed by atoms with Crippen molar-refractivity contribution in [1.82, 2.24) is 0 Å². The fraction of sp³-hybridized carbons (Fsp3) is 0.500. The van der Waals surface area contributed by atoms with Gasteiger partial charge in [0.15, 0.2) is 0 Å². The predicted octanol–water partition coefficient (Wildman–Crippen LogP) is 2.09. The third kappa shape index (κ3) is 4.20. The van der Waals surface area contributed by atoms with Crippen LogP contribution in [0.1, 0.15) is 25.6 Å². The van der Waals surface area contributed by atoms with Gasteiger partial charge in [-0.2, -0.15) is 0 Å². The van der Waals surface area contributed by atoms with Crippen LogP contribution in [0.15, 0.2) is 18.2 Å². The molecule has 0 unspecified atom stereocenters. The monoisotopic (exact) mass is 294 g/mol. The molecule has 1 aromatic heterocycles. The van der Waals surface area contributed by atoms with Crippen molar-refractivity contribution in [3.05, 3.63) is 23.1 Å². The lowest BCUT2D eigenvalue weighted by Gasteiger charge is -2.32. The van der Waals surface area contributed by atoms with Crippen LogP contribution in [0.25, 0.3) is 6.08 Å². The van der Waals surface area contributed by atoms with E-state index in [0.717, 1.165) is 9.65 Å². The lowest BCUT2D eigenvalue weighted by molar-refractivity contribution is -0.137. The molecule has 1 saturated heterocycles. The normalized spacial score (nSPS) is 18.4. The Morgan fingerprint density at radius 2 is 2.15 bits per heavy atom. The van der Waals surface area contributed by atoms with Gasteiger partial charge in [0.05, 0.1) is 6.61 Å². The van der Waals surface area contributed by atoms with E-state index in [1.807, 2.05) is 12.1 Å². The molecule has 0 aromatic carbocycles. The Labute approximate surface area is 123 Å². The Morgan fingerprint density at radius 1 is 1.45 bits per heavy atom. The van der Waals surface area contributed by atoms with Gasteiger partial charge in [0.1, 0.15) is 0 Å². The Hall–Kier alpha value is -1.11. The summed E-state index contributed by atoms with van der Waals surface area (Å²) in [6, 6.07) is 3.92. The quantitative estimate of drug-likeness (QED) is 0.484. The highest BCUT2D eigenvalue weighted by Crippen LogP contribution is 2.22. The molecule has 0 atom stereocenters. The maximum atomic E-state index is 11.2. The standard InChI is InChI=1S/C14H19BO4S/c1-4-17-13(16)8-6-11-5-7-12(20-11)15-18-9-14(2,3)10-19-15/h5-8H,4,9-10H2,1-3H3/b8-6+. The highest BCUT2D eigenvalue weighted by Gasteiger charge is 2.34. The van der Waals surface area contributed by atoms with Gasteiger partial charge in [-0.3, -0.25) is 0 Å². The van der Waals surface area contributed by atoms with Crippen LogP contribution in [0, 0.1) is 5.41 Å². The Balaban J connectivity index is 1.94. The first-order valence-electron chi connectivity index (χ1n) is 6.68. The van der Waals surface area contributed by atoms with Crippen LogP contribution >= 0.6 is 11.3 Å². The first-order valence-corrected chi connectivity index (χ1v) is 7.49. The molecule has 6 heteroatoms. The summed E-state index contributed by atoms with van der Waals surface area (Å²) in [4.78, 5) is 12.2. The molecule has 1 fully saturated rings. The molecule has 20 heavy (non-hydrogen) atoms. The average molecular weight is 294 g/mol. The fourth-order valence-corrected chi connectivity index (χ4v) is 2.69. The number of hydrogen-bond acceptors (Lipinski definition) is 5. The summed E-state index contributed by atoms with van der Waals surface area (Å²) in [7, 11) is -0.294. The van der Waals surface area contributed by atoms with Crippen LogP contribution in [0.4, 0.5) is 0 Å². The molecule has 0 bridgehead atoms. The maximum absolute atomic E-state index is 11.2. The fourth-order valence-electron chi connectivity index (χ4n) is 1.78. The molecule has 0 radical (unpaired) electrons. The van der Waals surface area contributed by atoms with E-state index in [-0.39, 0.29) is 18.5 Å². The number of thiophene rings is 1. The van der Waals surface area contributed by atoms with E-state index in [0.29, 0.717) is 19.8 Å². The van der Waals surface area contributed by atoms with Crippen LogP contribution in [-0.4, -0.2) is 32.9 Å². The molecule has 0 aliphatic carbocycles. The van der Waals surface area contributed by atoms with E-state index in [1.54, 1.807) is 24.3 Å². The molecule has 0 amide bonds. The van der Waals surface area contributed by atoms with Crippen molar-refractivity contribution in [1.29, 1.82) is 0 Å². The minimum atomic E-state index is -0.325. The number of carbonyl (C=O) groups is 1. The van der Waals surface area contributed by atoms with E-state index >= 15 is 0 Å². The summed E-state index contributed by atoms with van der Waals surface area (Å²) in [5.74, 6) is -0.325. The number of esters is 1. The third-order valence-corrected chi connectivity index (χ3v) is 3.87. The Kier molecular flexibility index (Phi) is 5.02. The zero-order valence-electron chi connectivity index (χ0n) is 12.0. The summed E-state index contributed by atoms with van der Waals surface area (Å²) in [6.45, 7) is 7.77. The van der Waals surface area contributed by atoms with Gasteiger partial charge in [-0.1, -0.05) is 19.9 Å². The third-order valence-electron chi connectivity index (χ3n) is 2.80. The average Bonchev–Trinajstić information content (AvgIpc) is 2.85. The van der Waals surface area contributed by atoms with Crippen LogP contribution in [-0.2, 0) is 18.8 Å². The van der Waals surface area contributed by atoms with Gasteiger partial charge in [-0.15, -0.1) is 11.3 Å². The van der Waals surface area contributed by atoms with Gasteiger partial charge in [0.25, 0.3) is 0 Å². The summed E-state index contributed by atoms with van der Waals surface area (Å²) in [6.07, 6.45) is 3.18. The molecule has 2 heterocycles. The van der Waals surface area contributed by atoms with E-state index in [4.69, 9.17) is 14.0 Å². The lowest BCUT2D eigenvalue weighted by atomic mass is 9.82. The van der Waals surface area contributed by atoms with Crippen LogP contribution < -0.4 is 4.78 Å². The van der Waals surface area contributed by atoms with Gasteiger partial charge >= 0.3 is 13.1 Å². The first kappa shape index (κ1) is 15.3. The van der Waals surface area contributed by atoms with Gasteiger partial charge in [0.2, 0.25) is 0 Å². The molecule has 0 saturated carbocycles. The smallest absolute Gasteiger partial charge is 0.463 e. The second-order valence-corrected chi connectivity index (χ2v) is 6.59. The number of rotatable bonds is 4. The van der Waals surface area contributed by atoms with Crippen molar-refractivity contribution >= 4 is 35.3 Å². The highest BCUT2D eigenvalue weighted by molar-refractivity contribution is 7.23. The van der Waals surface area contributed by atoms with Crippen molar-refractivity contribution in [3.8, 4) is 0 Å². The Bertz CT molecular complexity index is 485. The SMILES string of the molecule is CCOC(=O)/C=C/c1ccc(B2OCC(C)(C)CO2)s1. The molecular formula is C14H19BO4S. The van der Waals surface area contributed by atoms with Gasteiger partial charge < -0.3 is 14.0 Å². The molecule has 1 aliphatic rings. The molecule has 0 spiro atoms. The molecule has 0 N–H and O–H groups in total. The maximum Gasteiger partial charge on any atom is 0.504 e. The molecule has 4 nitrogen and oxygen atoms in total. The number of ether oxygens (including phenoxy) is 1. The van der Waals surface area contributed by atoms with Crippen molar-refractivity contribution in [2.45, 2.75) is 20.8 Å². The summed E-state index contributed by atoms with van der Waals surface area (Å²) < 4.78 is 17.3. The molecule has 108 valence electrons. The second kappa shape index (κ2) is 6.56. The molecule has 1 aromatic rings. The zero-order valence-corrected chi connectivity index (χ0v) is 12.9. The lowest BCUT2D eigenvalue weighted by Crippen LogP contribution is -2.46. The minimum absolute atomic E-state index is 0.0698. The van der Waals surface area contributed by atoms with Crippen molar-refractivity contribution in [2.24, 2.45) is 5.41 Å². The molecule has 2 rings (SSSR count). The van der Waals surface area contributed by atoms with Crippen molar-refractivity contribution in [3.63, 3.8) is 0 Å². The van der Waals surface area contributed by atoms with Gasteiger partial charge in [-0.25, -0.2) is 4.79 Å². The van der Waals surface area contributed by atoms with E-state index in [9.17, 15) is 4.79 Å². The van der Waals surface area contributed by atoms with Crippen molar-refractivity contribution < 1.29 is 18.8 Å². The molecular weight excluding hydrogens is 275 g/mol. The molecule has 1 aliphatic heterocycles. The largest absolute Gasteiger partial charge is 0.504 e.